The van der Waals surface area contributed by atoms with E-state index < -0.39 is 0 Å². The highest BCUT2D eigenvalue weighted by Gasteiger charge is 2.40. The second-order valence-corrected chi connectivity index (χ2v) is 6.76. The summed E-state index contributed by atoms with van der Waals surface area (Å²) in [5, 5.41) is 9.87. The van der Waals surface area contributed by atoms with Crippen LogP contribution in [-0.2, 0) is 18.3 Å². The second-order valence-electron chi connectivity index (χ2n) is 6.32. The summed E-state index contributed by atoms with van der Waals surface area (Å²) >= 11 is 6.01. The van der Waals surface area contributed by atoms with Gasteiger partial charge in [-0.05, 0) is 55.0 Å². The monoisotopic (exact) mass is 310 g/mol. The minimum Gasteiger partial charge on any atom is -0.155 e. The number of hydrogen-bond donors (Lipinski definition) is 0. The molecule has 1 aromatic heterocycles. The molecule has 0 spiro atoms. The van der Waals surface area contributed by atoms with Crippen LogP contribution in [0.2, 0.25) is 5.02 Å². The molecule has 0 N–H and O–H groups in total. The van der Waals surface area contributed by atoms with Crippen LogP contribution in [0.15, 0.2) is 42.5 Å². The zero-order valence-corrected chi connectivity index (χ0v) is 13.3. The van der Waals surface area contributed by atoms with Crippen molar-refractivity contribution < 1.29 is 0 Å². The molecule has 0 saturated carbocycles. The molecular formula is C19H19ClN2. The molecule has 0 bridgehead atoms. The summed E-state index contributed by atoms with van der Waals surface area (Å²) in [5.41, 5.74) is 4.71. The Labute approximate surface area is 136 Å². The number of aromatic nitrogens is 2. The summed E-state index contributed by atoms with van der Waals surface area (Å²) in [4.78, 5) is 0. The topological polar surface area (TPSA) is 25.8 Å². The molecular weight excluding hydrogens is 292 g/mol. The average Bonchev–Trinajstić information content (AvgIpc) is 3.30. The predicted octanol–water partition coefficient (Wildman–Crippen LogP) is 4.64. The number of aryl methyl sites for hydroxylation is 2. The van der Waals surface area contributed by atoms with Crippen molar-refractivity contribution in [3.63, 3.8) is 0 Å². The van der Waals surface area contributed by atoms with Crippen LogP contribution >= 0.6 is 11.6 Å². The molecule has 1 aromatic carbocycles. The van der Waals surface area contributed by atoms with Crippen molar-refractivity contribution >= 4 is 11.6 Å². The number of hydrogen-bond acceptors (Lipinski definition) is 2. The SMILES string of the molecule is Clc1ccc(C2(c3cc4c(nn3)CCCCCC4)C=C2)cc1. The summed E-state index contributed by atoms with van der Waals surface area (Å²) in [6, 6.07) is 10.3. The Bertz CT molecular complexity index is 713. The van der Waals surface area contributed by atoms with Crippen LogP contribution in [0.25, 0.3) is 0 Å². The molecule has 3 heteroatoms. The number of benzene rings is 1. The highest BCUT2D eigenvalue weighted by Crippen LogP contribution is 2.44. The fraction of sp³-hybridized carbons (Fsp3) is 0.368. The highest BCUT2D eigenvalue weighted by atomic mass is 35.5. The van der Waals surface area contributed by atoms with Gasteiger partial charge >= 0.3 is 0 Å². The predicted molar refractivity (Wildman–Crippen MR) is 89.3 cm³/mol. The number of fused-ring (bicyclic) bond motifs is 1. The summed E-state index contributed by atoms with van der Waals surface area (Å²) in [6.45, 7) is 0. The Morgan fingerprint density at radius 2 is 1.59 bits per heavy atom. The molecule has 0 fully saturated rings. The van der Waals surface area contributed by atoms with Crippen molar-refractivity contribution in [1.82, 2.24) is 10.2 Å². The van der Waals surface area contributed by atoms with E-state index in [9.17, 15) is 0 Å². The Kier molecular flexibility index (Phi) is 3.50. The van der Waals surface area contributed by atoms with E-state index in [1.54, 1.807) is 0 Å². The smallest absolute Gasteiger partial charge is 0.0816 e. The van der Waals surface area contributed by atoms with Crippen molar-refractivity contribution in [3.05, 3.63) is 70.0 Å². The van der Waals surface area contributed by atoms with E-state index in [-0.39, 0.29) is 5.41 Å². The number of rotatable bonds is 2. The number of nitrogens with zero attached hydrogens (tertiary/aromatic N) is 2. The van der Waals surface area contributed by atoms with Crippen molar-refractivity contribution in [2.75, 3.05) is 0 Å². The Balaban J connectivity index is 1.70. The van der Waals surface area contributed by atoms with Gasteiger partial charge in [0, 0.05) is 5.02 Å². The maximum absolute atomic E-state index is 6.01. The summed E-state index contributed by atoms with van der Waals surface area (Å²) in [6.07, 6.45) is 11.8. The van der Waals surface area contributed by atoms with Crippen LogP contribution in [0, 0.1) is 0 Å². The third-order valence-corrected chi connectivity index (χ3v) is 5.07. The van der Waals surface area contributed by atoms with Gasteiger partial charge in [0.15, 0.2) is 0 Å². The molecule has 0 aliphatic heterocycles. The van der Waals surface area contributed by atoms with Crippen LogP contribution in [0.5, 0.6) is 0 Å². The average molecular weight is 311 g/mol. The van der Waals surface area contributed by atoms with Crippen molar-refractivity contribution in [3.8, 4) is 0 Å². The minimum atomic E-state index is -0.158. The van der Waals surface area contributed by atoms with Gasteiger partial charge in [-0.2, -0.15) is 10.2 Å². The van der Waals surface area contributed by atoms with E-state index in [0.717, 1.165) is 23.6 Å². The normalized spacial score (nSPS) is 19.1. The fourth-order valence-corrected chi connectivity index (χ4v) is 3.49. The largest absolute Gasteiger partial charge is 0.155 e. The molecule has 4 rings (SSSR count). The van der Waals surface area contributed by atoms with Crippen LogP contribution in [0.1, 0.15) is 48.2 Å². The Morgan fingerprint density at radius 3 is 2.32 bits per heavy atom. The van der Waals surface area contributed by atoms with Gasteiger partial charge in [-0.3, -0.25) is 0 Å². The first kappa shape index (κ1) is 14.0. The van der Waals surface area contributed by atoms with Gasteiger partial charge < -0.3 is 0 Å². The van der Waals surface area contributed by atoms with Crippen molar-refractivity contribution in [2.45, 2.75) is 43.9 Å². The molecule has 2 aromatic rings. The minimum absolute atomic E-state index is 0.158. The first-order valence-corrected chi connectivity index (χ1v) is 8.48. The van der Waals surface area contributed by atoms with Crippen LogP contribution < -0.4 is 0 Å². The summed E-state index contributed by atoms with van der Waals surface area (Å²) in [5.74, 6) is 0. The maximum atomic E-state index is 6.01. The Morgan fingerprint density at radius 1 is 0.864 bits per heavy atom. The van der Waals surface area contributed by atoms with Crippen LogP contribution in [0.4, 0.5) is 0 Å². The molecule has 2 aliphatic rings. The lowest BCUT2D eigenvalue weighted by molar-refractivity contribution is 0.599. The van der Waals surface area contributed by atoms with Crippen molar-refractivity contribution in [1.29, 1.82) is 0 Å². The van der Waals surface area contributed by atoms with E-state index in [1.807, 2.05) is 12.1 Å². The van der Waals surface area contributed by atoms with Gasteiger partial charge in [-0.15, -0.1) is 0 Å². The van der Waals surface area contributed by atoms with Crippen LogP contribution in [-0.4, -0.2) is 10.2 Å². The highest BCUT2D eigenvalue weighted by molar-refractivity contribution is 6.30. The van der Waals surface area contributed by atoms with E-state index in [0.29, 0.717) is 0 Å². The van der Waals surface area contributed by atoms with E-state index in [2.05, 4.69) is 40.5 Å². The molecule has 0 atom stereocenters. The maximum Gasteiger partial charge on any atom is 0.0816 e. The Hall–Kier alpha value is -1.67. The molecule has 1 heterocycles. The molecule has 2 aliphatic carbocycles. The zero-order valence-electron chi connectivity index (χ0n) is 12.6. The second kappa shape index (κ2) is 5.51. The summed E-state index contributed by atoms with van der Waals surface area (Å²) in [7, 11) is 0. The third-order valence-electron chi connectivity index (χ3n) is 4.82. The van der Waals surface area contributed by atoms with Gasteiger partial charge in [0.25, 0.3) is 0 Å². The van der Waals surface area contributed by atoms with E-state index in [1.165, 1.54) is 42.5 Å². The first-order valence-electron chi connectivity index (χ1n) is 8.10. The molecule has 0 amide bonds. The lowest BCUT2D eigenvalue weighted by atomic mass is 9.88. The van der Waals surface area contributed by atoms with Gasteiger partial charge in [0.05, 0.1) is 16.8 Å². The number of halogens is 1. The van der Waals surface area contributed by atoms with E-state index in [4.69, 9.17) is 11.6 Å². The van der Waals surface area contributed by atoms with E-state index >= 15 is 0 Å². The van der Waals surface area contributed by atoms with Gasteiger partial charge in [0.2, 0.25) is 0 Å². The number of allylic oxidation sites excluding steroid dienone is 2. The lowest BCUT2D eigenvalue weighted by Crippen LogP contribution is -2.16. The lowest BCUT2D eigenvalue weighted by Gasteiger charge is -2.19. The van der Waals surface area contributed by atoms with Crippen molar-refractivity contribution in [2.24, 2.45) is 0 Å². The molecule has 112 valence electrons. The van der Waals surface area contributed by atoms with Crippen LogP contribution in [0.3, 0.4) is 0 Å². The molecule has 0 saturated heterocycles. The molecule has 0 radical (unpaired) electrons. The van der Waals surface area contributed by atoms with Gasteiger partial charge in [-0.1, -0.05) is 48.7 Å². The van der Waals surface area contributed by atoms with Gasteiger partial charge in [0.1, 0.15) is 0 Å². The first-order chi connectivity index (χ1) is 10.8. The fourth-order valence-electron chi connectivity index (χ4n) is 3.37. The third kappa shape index (κ3) is 2.46. The summed E-state index contributed by atoms with van der Waals surface area (Å²) < 4.78 is 0. The quantitative estimate of drug-likeness (QED) is 0.755. The van der Waals surface area contributed by atoms with Gasteiger partial charge in [-0.25, -0.2) is 0 Å². The standard InChI is InChI=1S/C19H19ClN2/c20-16-9-7-15(8-10-16)19(11-12-19)18-13-14-5-3-1-2-4-6-17(14)21-22-18/h7-13H,1-6H2. The zero-order chi connectivity index (χ0) is 15.0. The molecule has 22 heavy (non-hydrogen) atoms. The molecule has 0 unspecified atom stereocenters. The molecule has 2 nitrogen and oxygen atoms in total.